The van der Waals surface area contributed by atoms with Gasteiger partial charge in [0.1, 0.15) is 22.1 Å². The Labute approximate surface area is 280 Å². The molecule has 1 amide bonds. The first-order valence-corrected chi connectivity index (χ1v) is 15.6. The number of nitrogens with one attached hydrogen (secondary N) is 1. The van der Waals surface area contributed by atoms with E-state index in [0.29, 0.717) is 12.1 Å². The number of amides is 1. The third-order valence-corrected chi connectivity index (χ3v) is 9.42. The van der Waals surface area contributed by atoms with Crippen LogP contribution in [0.4, 0.5) is 0 Å². The highest BCUT2D eigenvalue weighted by atomic mass is 35.5. The van der Waals surface area contributed by atoms with Crippen LogP contribution >= 0.6 is 11.6 Å². The average molecular weight is 676 g/mol. The number of hydrogen-bond donors (Lipinski definition) is 3. The number of ketones is 2. The maximum absolute atomic E-state index is 14.3. The number of aromatic nitrogens is 2. The largest absolute Gasteiger partial charge is 0.507 e. The summed E-state index contributed by atoms with van der Waals surface area (Å²) in [4.78, 5) is 46.1. The molecule has 1 aliphatic carbocycles. The van der Waals surface area contributed by atoms with E-state index >= 15 is 0 Å². The van der Waals surface area contributed by atoms with E-state index in [9.17, 15) is 24.6 Å². The lowest BCUT2D eigenvalue weighted by atomic mass is 9.69. The number of imidazole rings is 1. The first-order valence-electron chi connectivity index (χ1n) is 15.2. The number of phenols is 1. The van der Waals surface area contributed by atoms with Gasteiger partial charge in [0.15, 0.2) is 28.8 Å². The minimum absolute atomic E-state index is 0.00171. The zero-order valence-electron chi connectivity index (χ0n) is 26.7. The van der Waals surface area contributed by atoms with Crippen LogP contribution in [0.3, 0.4) is 0 Å². The Morgan fingerprint density at radius 1 is 1.08 bits per heavy atom. The van der Waals surface area contributed by atoms with Crippen LogP contribution in [0.1, 0.15) is 41.6 Å². The van der Waals surface area contributed by atoms with Crippen molar-refractivity contribution in [2.24, 2.45) is 5.92 Å². The van der Waals surface area contributed by atoms with Crippen molar-refractivity contribution in [3.05, 3.63) is 82.3 Å². The van der Waals surface area contributed by atoms with Crippen LogP contribution in [-0.4, -0.2) is 70.7 Å². The van der Waals surface area contributed by atoms with Gasteiger partial charge in [0.25, 0.3) is 0 Å². The second kappa shape index (κ2) is 12.8. The van der Waals surface area contributed by atoms with Gasteiger partial charge in [0.05, 0.1) is 38.7 Å². The molecule has 3 atom stereocenters. The molecule has 0 bridgehead atoms. The van der Waals surface area contributed by atoms with E-state index in [2.05, 4.69) is 10.3 Å². The van der Waals surface area contributed by atoms with E-state index in [0.717, 1.165) is 11.0 Å². The average Bonchev–Trinajstić information content (AvgIpc) is 3.63. The molecule has 12 nitrogen and oxygen atoms in total. The molecule has 0 saturated carbocycles. The minimum Gasteiger partial charge on any atom is -0.507 e. The summed E-state index contributed by atoms with van der Waals surface area (Å²) in [6.45, 7) is 2.31. The summed E-state index contributed by atoms with van der Waals surface area (Å²) in [6, 6.07) is 13.5. The van der Waals surface area contributed by atoms with Gasteiger partial charge in [-0.25, -0.2) is 4.98 Å². The Morgan fingerprint density at radius 2 is 1.81 bits per heavy atom. The molecule has 1 spiro atoms. The molecule has 0 fully saturated rings. The van der Waals surface area contributed by atoms with Crippen molar-refractivity contribution in [3.8, 4) is 28.7 Å². The summed E-state index contributed by atoms with van der Waals surface area (Å²) in [7, 11) is 4.14. The fourth-order valence-corrected chi connectivity index (χ4v) is 6.86. The standard InChI is InChI=1S/C35H34ClN3O9/c1-18-13-24(41)29(33(43)35(18)34(44)30-26(46-3)16-27(47-4)31(36)32(30)48-35)20(19-9-10-23(40)25(14-19)45-2)15-28(42)37-11-12-39-17-38-21-7-5-6-8-22(21)39/h5-10,14,16-18,20,40,43H,11-13,15H2,1-4H3,(H,37,42). The summed E-state index contributed by atoms with van der Waals surface area (Å²) in [5.74, 6) is -3.84. The van der Waals surface area contributed by atoms with Gasteiger partial charge in [-0.3, -0.25) is 14.4 Å². The maximum Gasteiger partial charge on any atom is 0.231 e. The van der Waals surface area contributed by atoms with Crippen molar-refractivity contribution in [3.63, 3.8) is 0 Å². The van der Waals surface area contributed by atoms with Crippen LogP contribution in [0.25, 0.3) is 11.0 Å². The molecule has 3 N–H and O–H groups in total. The molecule has 2 aliphatic rings. The molecule has 0 radical (unpaired) electrons. The molecule has 250 valence electrons. The zero-order valence-corrected chi connectivity index (χ0v) is 27.5. The van der Waals surface area contributed by atoms with Gasteiger partial charge in [-0.05, 0) is 29.8 Å². The van der Waals surface area contributed by atoms with Gasteiger partial charge in [-0.1, -0.05) is 36.7 Å². The number of aromatic hydroxyl groups is 1. The number of aliphatic hydroxyl groups excluding tert-OH is 1. The molecule has 1 aliphatic heterocycles. The molecule has 3 aromatic carbocycles. The Morgan fingerprint density at radius 3 is 2.54 bits per heavy atom. The number of para-hydroxylation sites is 2. The van der Waals surface area contributed by atoms with Gasteiger partial charge in [-0.2, -0.15) is 0 Å². The predicted octanol–water partition coefficient (Wildman–Crippen LogP) is 5.15. The number of carbonyl (C=O) groups excluding carboxylic acids is 3. The third-order valence-electron chi connectivity index (χ3n) is 9.06. The van der Waals surface area contributed by atoms with Crippen LogP contribution in [-0.2, 0) is 16.1 Å². The SMILES string of the molecule is COc1cc(C(CC(=O)NCCn2cnc3ccccc32)C2=C(O)C3(Oc4c(Cl)c(OC)cc(OC)c4C3=O)C(C)CC2=O)ccc1O. The number of phenolic OH excluding ortho intramolecular Hbond substituents is 1. The summed E-state index contributed by atoms with van der Waals surface area (Å²) in [5.41, 5.74) is -0.0647. The number of nitrogens with zero attached hydrogens (tertiary/aromatic N) is 2. The van der Waals surface area contributed by atoms with E-state index in [1.165, 1.54) is 45.6 Å². The number of methoxy groups -OCH3 is 3. The van der Waals surface area contributed by atoms with E-state index < -0.39 is 40.7 Å². The number of rotatable bonds is 10. The quantitative estimate of drug-likeness (QED) is 0.205. The Hall–Kier alpha value is -5.23. The molecule has 1 aromatic heterocycles. The number of aliphatic hydroxyl groups is 1. The second-order valence-electron chi connectivity index (χ2n) is 11.7. The number of allylic oxidation sites excluding steroid dienone is 1. The molecule has 13 heteroatoms. The topological polar surface area (TPSA) is 158 Å². The second-order valence-corrected chi connectivity index (χ2v) is 12.1. The van der Waals surface area contributed by atoms with Crippen LogP contribution in [0.15, 0.2) is 66.2 Å². The lowest BCUT2D eigenvalue weighted by Gasteiger charge is -2.38. The van der Waals surface area contributed by atoms with Gasteiger partial charge in [0.2, 0.25) is 17.3 Å². The van der Waals surface area contributed by atoms with Gasteiger partial charge in [0, 0.05) is 49.4 Å². The van der Waals surface area contributed by atoms with E-state index in [1.54, 1.807) is 13.3 Å². The summed E-state index contributed by atoms with van der Waals surface area (Å²) < 4.78 is 24.3. The number of carbonyl (C=O) groups is 3. The van der Waals surface area contributed by atoms with Crippen molar-refractivity contribution in [1.29, 1.82) is 0 Å². The van der Waals surface area contributed by atoms with E-state index in [1.807, 2.05) is 28.8 Å². The van der Waals surface area contributed by atoms with Crippen LogP contribution in [0.2, 0.25) is 5.02 Å². The first kappa shape index (κ1) is 32.7. The summed E-state index contributed by atoms with van der Waals surface area (Å²) >= 11 is 6.59. The minimum atomic E-state index is -2.03. The molecule has 0 saturated heterocycles. The Bertz CT molecular complexity index is 1990. The molecule has 2 heterocycles. The number of ether oxygens (including phenoxy) is 4. The van der Waals surface area contributed by atoms with Crippen molar-refractivity contribution < 1.29 is 43.5 Å². The lowest BCUT2D eigenvalue weighted by molar-refractivity contribution is -0.121. The Kier molecular flexibility index (Phi) is 8.69. The number of fused-ring (bicyclic) bond motifs is 2. The zero-order chi connectivity index (χ0) is 34.3. The molecular weight excluding hydrogens is 642 g/mol. The third kappa shape index (κ3) is 5.26. The van der Waals surface area contributed by atoms with Crippen molar-refractivity contribution in [2.45, 2.75) is 37.8 Å². The van der Waals surface area contributed by atoms with Gasteiger partial charge < -0.3 is 39.0 Å². The molecular formula is C35H34ClN3O9. The lowest BCUT2D eigenvalue weighted by Crippen LogP contribution is -2.53. The van der Waals surface area contributed by atoms with Gasteiger partial charge in [-0.15, -0.1) is 0 Å². The number of halogens is 1. The normalized spacial score (nSPS) is 19.3. The fourth-order valence-electron chi connectivity index (χ4n) is 6.60. The van der Waals surface area contributed by atoms with Crippen LogP contribution in [0, 0.1) is 5.92 Å². The Balaban J connectivity index is 1.39. The number of benzene rings is 3. The van der Waals surface area contributed by atoms with Crippen molar-refractivity contribution in [2.75, 3.05) is 27.9 Å². The highest BCUT2D eigenvalue weighted by Gasteiger charge is 2.61. The summed E-state index contributed by atoms with van der Waals surface area (Å²) in [5, 5.41) is 25.3. The molecule has 3 unspecified atom stereocenters. The van der Waals surface area contributed by atoms with Gasteiger partial charge >= 0.3 is 0 Å². The smallest absolute Gasteiger partial charge is 0.231 e. The molecule has 6 rings (SSSR count). The van der Waals surface area contributed by atoms with E-state index in [-0.39, 0.29) is 64.3 Å². The first-order chi connectivity index (χ1) is 23.0. The number of Topliss-reactive ketones (excluding diaryl/α,β-unsaturated/α-hetero) is 2. The summed E-state index contributed by atoms with van der Waals surface area (Å²) in [6.07, 6.45) is 1.23. The van der Waals surface area contributed by atoms with Crippen molar-refractivity contribution in [1.82, 2.24) is 14.9 Å². The molecule has 4 aromatic rings. The van der Waals surface area contributed by atoms with Crippen LogP contribution in [0.5, 0.6) is 28.7 Å². The monoisotopic (exact) mass is 675 g/mol. The number of hydrogen-bond acceptors (Lipinski definition) is 10. The fraction of sp³-hybridized carbons (Fsp3) is 0.314. The highest BCUT2D eigenvalue weighted by molar-refractivity contribution is 6.35. The predicted molar refractivity (Wildman–Crippen MR) is 175 cm³/mol. The highest BCUT2D eigenvalue weighted by Crippen LogP contribution is 2.56. The van der Waals surface area contributed by atoms with Crippen molar-refractivity contribution >= 4 is 40.1 Å². The van der Waals surface area contributed by atoms with E-state index in [4.69, 9.17) is 30.5 Å². The van der Waals surface area contributed by atoms with Crippen LogP contribution < -0.4 is 24.3 Å². The molecule has 48 heavy (non-hydrogen) atoms. The maximum atomic E-state index is 14.3.